The number of hydrogen-bond donors (Lipinski definition) is 0. The van der Waals surface area contributed by atoms with E-state index in [2.05, 4.69) is 4.90 Å². The lowest BCUT2D eigenvalue weighted by Crippen LogP contribution is -2.50. The molecule has 1 unspecified atom stereocenters. The van der Waals surface area contributed by atoms with Gasteiger partial charge >= 0.3 is 0 Å². The third-order valence-corrected chi connectivity index (χ3v) is 7.03. The van der Waals surface area contributed by atoms with Crippen molar-refractivity contribution in [2.75, 3.05) is 49.6 Å². The Balaban J connectivity index is 1.49. The highest BCUT2D eigenvalue weighted by molar-refractivity contribution is 7.91. The molecule has 3 rings (SSSR count). The Labute approximate surface area is 158 Å². The molecular weight excluding hydrogens is 373 g/mol. The molecule has 2 amide bonds. The van der Waals surface area contributed by atoms with Gasteiger partial charge in [-0.05, 0) is 30.7 Å². The Morgan fingerprint density at radius 1 is 1.15 bits per heavy atom. The van der Waals surface area contributed by atoms with Crippen LogP contribution >= 0.6 is 0 Å². The Morgan fingerprint density at radius 3 is 2.33 bits per heavy atom. The predicted octanol–water partition coefficient (Wildman–Crippen LogP) is 0.510. The molecule has 2 saturated heterocycles. The molecular formula is C18H24FN3O4S. The fraction of sp³-hybridized carbons (Fsp3) is 0.556. The lowest BCUT2D eigenvalue weighted by molar-refractivity contribution is -0.141. The monoisotopic (exact) mass is 397 g/mol. The number of rotatable bonds is 4. The van der Waals surface area contributed by atoms with E-state index in [0.29, 0.717) is 32.6 Å². The van der Waals surface area contributed by atoms with Gasteiger partial charge in [0.25, 0.3) is 0 Å². The summed E-state index contributed by atoms with van der Waals surface area (Å²) in [6.07, 6.45) is 0.179. The molecule has 7 nitrogen and oxygen atoms in total. The van der Waals surface area contributed by atoms with E-state index in [9.17, 15) is 22.4 Å². The van der Waals surface area contributed by atoms with Gasteiger partial charge in [-0.15, -0.1) is 0 Å². The van der Waals surface area contributed by atoms with Crippen LogP contribution in [0.4, 0.5) is 10.1 Å². The maximum atomic E-state index is 13.0. The van der Waals surface area contributed by atoms with Gasteiger partial charge in [0.05, 0.1) is 11.5 Å². The standard InChI is InChI=1S/C18H24FN3O4S/c1-20(16-6-11-27(25,26)13-16)17(23)12-18(24)22-9-7-21(8-10-22)15-4-2-14(19)3-5-15/h2-5,16H,6-13H2,1H3. The first-order valence-electron chi connectivity index (χ1n) is 8.99. The Kier molecular flexibility index (Phi) is 5.69. The van der Waals surface area contributed by atoms with Crippen molar-refractivity contribution in [3.8, 4) is 0 Å². The van der Waals surface area contributed by atoms with Gasteiger partial charge < -0.3 is 14.7 Å². The fourth-order valence-corrected chi connectivity index (χ4v) is 5.29. The second-order valence-corrected chi connectivity index (χ2v) is 9.31. The third kappa shape index (κ3) is 4.77. The lowest BCUT2D eigenvalue weighted by atomic mass is 10.2. The zero-order chi connectivity index (χ0) is 19.6. The molecule has 2 aliphatic rings. The summed E-state index contributed by atoms with van der Waals surface area (Å²) in [7, 11) is -1.51. The molecule has 0 saturated carbocycles. The van der Waals surface area contributed by atoms with Crippen molar-refractivity contribution in [2.24, 2.45) is 0 Å². The average Bonchev–Trinajstić information content (AvgIpc) is 3.01. The molecule has 0 N–H and O–H groups in total. The topological polar surface area (TPSA) is 78.0 Å². The van der Waals surface area contributed by atoms with Crippen LogP contribution in [0.5, 0.6) is 0 Å². The van der Waals surface area contributed by atoms with Gasteiger partial charge in [-0.25, -0.2) is 12.8 Å². The number of anilines is 1. The number of piperazine rings is 1. The van der Waals surface area contributed by atoms with E-state index in [0.717, 1.165) is 5.69 Å². The highest BCUT2D eigenvalue weighted by Crippen LogP contribution is 2.19. The molecule has 0 aliphatic carbocycles. The van der Waals surface area contributed by atoms with Gasteiger partial charge in [0.15, 0.2) is 9.84 Å². The number of halogens is 1. The van der Waals surface area contributed by atoms with Crippen LogP contribution in [-0.2, 0) is 19.4 Å². The summed E-state index contributed by atoms with van der Waals surface area (Å²) in [4.78, 5) is 29.9. The lowest BCUT2D eigenvalue weighted by Gasteiger charge is -2.36. The molecule has 1 aromatic carbocycles. The van der Waals surface area contributed by atoms with Crippen LogP contribution in [0.2, 0.25) is 0 Å². The van der Waals surface area contributed by atoms with Gasteiger partial charge in [0.2, 0.25) is 11.8 Å². The Hall–Kier alpha value is -2.16. The van der Waals surface area contributed by atoms with Gasteiger partial charge in [0.1, 0.15) is 12.2 Å². The summed E-state index contributed by atoms with van der Waals surface area (Å²) in [5, 5.41) is 0. The summed E-state index contributed by atoms with van der Waals surface area (Å²) in [5.74, 6) is -0.811. The fourth-order valence-electron chi connectivity index (χ4n) is 3.52. The predicted molar refractivity (Wildman–Crippen MR) is 99.6 cm³/mol. The van der Waals surface area contributed by atoms with E-state index >= 15 is 0 Å². The van der Waals surface area contributed by atoms with Crippen molar-refractivity contribution >= 4 is 27.3 Å². The summed E-state index contributed by atoms with van der Waals surface area (Å²) in [5.41, 5.74) is 0.904. The van der Waals surface area contributed by atoms with E-state index in [1.807, 2.05) is 0 Å². The zero-order valence-corrected chi connectivity index (χ0v) is 16.1. The molecule has 148 valence electrons. The van der Waals surface area contributed by atoms with Gasteiger partial charge in [0, 0.05) is 45.0 Å². The molecule has 27 heavy (non-hydrogen) atoms. The van der Waals surface area contributed by atoms with Crippen LogP contribution in [0, 0.1) is 5.82 Å². The number of sulfone groups is 1. The normalized spacial score (nSPS) is 21.9. The molecule has 2 fully saturated rings. The molecule has 9 heteroatoms. The average molecular weight is 397 g/mol. The quantitative estimate of drug-likeness (QED) is 0.692. The molecule has 0 radical (unpaired) electrons. The number of carbonyl (C=O) groups excluding carboxylic acids is 2. The third-order valence-electron chi connectivity index (χ3n) is 5.28. The van der Waals surface area contributed by atoms with Crippen LogP contribution in [-0.4, -0.2) is 80.8 Å². The Morgan fingerprint density at radius 2 is 1.78 bits per heavy atom. The number of amides is 2. The number of carbonyl (C=O) groups is 2. The second kappa shape index (κ2) is 7.84. The summed E-state index contributed by atoms with van der Waals surface area (Å²) in [6, 6.07) is 5.89. The van der Waals surface area contributed by atoms with E-state index in [1.54, 1.807) is 24.1 Å². The molecule has 1 aromatic rings. The molecule has 2 aliphatic heterocycles. The molecule has 0 bridgehead atoms. The first-order valence-corrected chi connectivity index (χ1v) is 10.8. The SMILES string of the molecule is CN(C(=O)CC(=O)N1CCN(c2ccc(F)cc2)CC1)C1CCS(=O)(=O)C1. The van der Waals surface area contributed by atoms with Crippen molar-refractivity contribution in [2.45, 2.75) is 18.9 Å². The van der Waals surface area contributed by atoms with Crippen molar-refractivity contribution in [3.63, 3.8) is 0 Å². The van der Waals surface area contributed by atoms with E-state index in [1.165, 1.54) is 17.0 Å². The first-order chi connectivity index (χ1) is 12.7. The first kappa shape index (κ1) is 19.6. The highest BCUT2D eigenvalue weighted by Gasteiger charge is 2.33. The summed E-state index contributed by atoms with van der Waals surface area (Å²) in [6.45, 7) is 2.21. The van der Waals surface area contributed by atoms with Gasteiger partial charge in [-0.2, -0.15) is 0 Å². The van der Waals surface area contributed by atoms with E-state index in [-0.39, 0.29) is 41.6 Å². The van der Waals surface area contributed by atoms with Crippen LogP contribution in [0.15, 0.2) is 24.3 Å². The van der Waals surface area contributed by atoms with Crippen LogP contribution in [0.3, 0.4) is 0 Å². The van der Waals surface area contributed by atoms with Crippen molar-refractivity contribution < 1.29 is 22.4 Å². The molecule has 0 spiro atoms. The van der Waals surface area contributed by atoms with Gasteiger partial charge in [-0.3, -0.25) is 9.59 Å². The van der Waals surface area contributed by atoms with Crippen LogP contribution in [0.25, 0.3) is 0 Å². The van der Waals surface area contributed by atoms with Crippen molar-refractivity contribution in [1.29, 1.82) is 0 Å². The Bertz CT molecular complexity index is 804. The zero-order valence-electron chi connectivity index (χ0n) is 15.3. The van der Waals surface area contributed by atoms with E-state index < -0.39 is 9.84 Å². The number of nitrogens with zero attached hydrogens (tertiary/aromatic N) is 3. The maximum absolute atomic E-state index is 13.0. The minimum atomic E-state index is -3.08. The van der Waals surface area contributed by atoms with E-state index in [4.69, 9.17) is 0 Å². The number of hydrogen-bond acceptors (Lipinski definition) is 5. The van der Waals surface area contributed by atoms with Crippen molar-refractivity contribution in [1.82, 2.24) is 9.80 Å². The maximum Gasteiger partial charge on any atom is 0.232 e. The smallest absolute Gasteiger partial charge is 0.232 e. The number of benzene rings is 1. The second-order valence-electron chi connectivity index (χ2n) is 7.08. The highest BCUT2D eigenvalue weighted by atomic mass is 32.2. The minimum Gasteiger partial charge on any atom is -0.368 e. The molecule has 1 atom stereocenters. The molecule has 2 heterocycles. The van der Waals surface area contributed by atoms with Gasteiger partial charge in [-0.1, -0.05) is 0 Å². The molecule has 0 aromatic heterocycles. The summed E-state index contributed by atoms with van der Waals surface area (Å²) >= 11 is 0. The van der Waals surface area contributed by atoms with Crippen LogP contribution < -0.4 is 4.90 Å². The van der Waals surface area contributed by atoms with Crippen molar-refractivity contribution in [3.05, 3.63) is 30.1 Å². The summed E-state index contributed by atoms with van der Waals surface area (Å²) < 4.78 is 36.2. The largest absolute Gasteiger partial charge is 0.368 e. The van der Waals surface area contributed by atoms with Crippen LogP contribution in [0.1, 0.15) is 12.8 Å². The minimum absolute atomic E-state index is 0.0280.